The van der Waals surface area contributed by atoms with Crippen molar-refractivity contribution in [3.05, 3.63) is 24.2 Å². The lowest BCUT2D eigenvalue weighted by Gasteiger charge is -2.33. The smallest absolute Gasteiger partial charge is 0.191 e. The van der Waals surface area contributed by atoms with Crippen LogP contribution in [-0.2, 0) is 6.42 Å². The zero-order valence-electron chi connectivity index (χ0n) is 18.9. The summed E-state index contributed by atoms with van der Waals surface area (Å²) in [5.74, 6) is 2.00. The van der Waals surface area contributed by atoms with E-state index < -0.39 is 0 Å². The fraction of sp³-hybridized carbons (Fsp3) is 0.783. The Balaban J connectivity index is 0.00000320. The molecule has 1 aromatic rings. The summed E-state index contributed by atoms with van der Waals surface area (Å²) in [7, 11) is 0. The van der Waals surface area contributed by atoms with Gasteiger partial charge in [-0.3, -0.25) is 9.89 Å². The summed E-state index contributed by atoms with van der Waals surface area (Å²) < 4.78 is 5.47. The van der Waals surface area contributed by atoms with E-state index in [9.17, 15) is 0 Å². The van der Waals surface area contributed by atoms with Crippen molar-refractivity contribution in [2.75, 3.05) is 45.8 Å². The van der Waals surface area contributed by atoms with Crippen molar-refractivity contribution in [3.63, 3.8) is 0 Å². The van der Waals surface area contributed by atoms with Gasteiger partial charge in [0.1, 0.15) is 5.76 Å². The van der Waals surface area contributed by atoms with Crippen LogP contribution in [0.2, 0.25) is 0 Å². The molecule has 1 atom stereocenters. The summed E-state index contributed by atoms with van der Waals surface area (Å²) in [4.78, 5) is 10.2. The second kappa shape index (κ2) is 14.3. The standard InChI is InChI=1S/C23H41N5O.HI/c1-3-5-14-27-16-11-20(12-17-27)26-23(24-13-10-22-9-7-18-29-22)25-19-21-8-6-15-28(21)4-2;/h7,9,18,20-21H,3-6,8,10-17,19H2,1-2H3,(H2,24,25,26);1H. The lowest BCUT2D eigenvalue weighted by molar-refractivity contribution is 0.203. The van der Waals surface area contributed by atoms with Crippen molar-refractivity contribution >= 4 is 29.9 Å². The zero-order valence-corrected chi connectivity index (χ0v) is 21.3. The summed E-state index contributed by atoms with van der Waals surface area (Å²) in [6, 6.07) is 5.11. The Kier molecular flexibility index (Phi) is 12.1. The van der Waals surface area contributed by atoms with Crippen molar-refractivity contribution in [1.82, 2.24) is 20.4 Å². The van der Waals surface area contributed by atoms with Gasteiger partial charge in [-0.15, -0.1) is 24.0 Å². The molecule has 3 rings (SSSR count). The van der Waals surface area contributed by atoms with Gasteiger partial charge in [-0.05, 0) is 63.9 Å². The normalized spacial score (nSPS) is 21.5. The molecule has 0 aliphatic carbocycles. The number of aliphatic imine (C=N–C) groups is 1. The molecule has 3 heterocycles. The predicted octanol–water partition coefficient (Wildman–Crippen LogP) is 3.72. The molecule has 0 amide bonds. The lowest BCUT2D eigenvalue weighted by Crippen LogP contribution is -2.49. The van der Waals surface area contributed by atoms with Gasteiger partial charge in [0.05, 0.1) is 12.8 Å². The summed E-state index contributed by atoms with van der Waals surface area (Å²) >= 11 is 0. The number of nitrogens with one attached hydrogen (secondary N) is 2. The molecule has 1 aromatic heterocycles. The van der Waals surface area contributed by atoms with Crippen LogP contribution in [0.25, 0.3) is 0 Å². The molecule has 2 aliphatic heterocycles. The molecular formula is C23H42IN5O. The Hall–Kier alpha value is -0.800. The van der Waals surface area contributed by atoms with E-state index in [1.807, 2.05) is 12.1 Å². The third kappa shape index (κ3) is 8.38. The highest BCUT2D eigenvalue weighted by Crippen LogP contribution is 2.17. The van der Waals surface area contributed by atoms with Gasteiger partial charge in [0.2, 0.25) is 0 Å². The Morgan fingerprint density at radius 1 is 1.20 bits per heavy atom. The molecule has 6 nitrogen and oxygen atoms in total. The fourth-order valence-electron chi connectivity index (χ4n) is 4.50. The maximum Gasteiger partial charge on any atom is 0.191 e. The first-order chi connectivity index (χ1) is 14.3. The van der Waals surface area contributed by atoms with E-state index in [0.717, 1.165) is 37.8 Å². The molecule has 1 unspecified atom stereocenters. The van der Waals surface area contributed by atoms with Gasteiger partial charge in [0.15, 0.2) is 5.96 Å². The molecule has 172 valence electrons. The van der Waals surface area contributed by atoms with Gasteiger partial charge in [-0.1, -0.05) is 20.3 Å². The number of piperidine rings is 1. The van der Waals surface area contributed by atoms with Crippen LogP contribution in [-0.4, -0.2) is 73.7 Å². The number of hydrogen-bond acceptors (Lipinski definition) is 4. The summed E-state index contributed by atoms with van der Waals surface area (Å²) in [5, 5.41) is 7.29. The number of nitrogens with zero attached hydrogens (tertiary/aromatic N) is 3. The van der Waals surface area contributed by atoms with Gasteiger partial charge < -0.3 is 20.0 Å². The molecule has 2 saturated heterocycles. The van der Waals surface area contributed by atoms with Crippen LogP contribution in [0, 0.1) is 0 Å². The molecule has 2 N–H and O–H groups in total. The topological polar surface area (TPSA) is 56.0 Å². The van der Waals surface area contributed by atoms with Crippen LogP contribution in [0.1, 0.15) is 58.1 Å². The molecule has 2 aliphatic rings. The van der Waals surface area contributed by atoms with E-state index in [2.05, 4.69) is 34.3 Å². The molecule has 0 radical (unpaired) electrons. The largest absolute Gasteiger partial charge is 0.469 e. The van der Waals surface area contributed by atoms with E-state index in [1.54, 1.807) is 6.26 Å². The minimum absolute atomic E-state index is 0. The quantitative estimate of drug-likeness (QED) is 0.274. The molecule has 2 fully saturated rings. The number of likely N-dealkylation sites (N-methyl/N-ethyl adjacent to an activating group) is 1. The Labute approximate surface area is 200 Å². The monoisotopic (exact) mass is 531 g/mol. The highest BCUT2D eigenvalue weighted by atomic mass is 127. The SMILES string of the molecule is CCCCN1CCC(NC(=NCC2CCCN2CC)NCCc2ccco2)CC1.I. The maximum absolute atomic E-state index is 5.47. The van der Waals surface area contributed by atoms with E-state index in [-0.39, 0.29) is 24.0 Å². The van der Waals surface area contributed by atoms with E-state index >= 15 is 0 Å². The van der Waals surface area contributed by atoms with Gasteiger partial charge >= 0.3 is 0 Å². The van der Waals surface area contributed by atoms with Gasteiger partial charge in [-0.25, -0.2) is 0 Å². The Morgan fingerprint density at radius 3 is 2.73 bits per heavy atom. The van der Waals surface area contributed by atoms with E-state index in [1.165, 1.54) is 64.7 Å². The van der Waals surface area contributed by atoms with Gasteiger partial charge in [0, 0.05) is 38.1 Å². The third-order valence-corrected chi connectivity index (χ3v) is 6.37. The van der Waals surface area contributed by atoms with Crippen LogP contribution in [0.4, 0.5) is 0 Å². The molecular weight excluding hydrogens is 489 g/mol. The second-order valence-electron chi connectivity index (χ2n) is 8.48. The van der Waals surface area contributed by atoms with Gasteiger partial charge in [-0.2, -0.15) is 0 Å². The van der Waals surface area contributed by atoms with Crippen LogP contribution in [0.3, 0.4) is 0 Å². The van der Waals surface area contributed by atoms with Crippen LogP contribution in [0.15, 0.2) is 27.8 Å². The van der Waals surface area contributed by atoms with Crippen molar-refractivity contribution in [3.8, 4) is 0 Å². The molecule has 0 spiro atoms. The lowest BCUT2D eigenvalue weighted by atomic mass is 10.0. The summed E-state index contributed by atoms with van der Waals surface area (Å²) in [6.45, 7) is 12.3. The average molecular weight is 532 g/mol. The van der Waals surface area contributed by atoms with Crippen LogP contribution >= 0.6 is 24.0 Å². The van der Waals surface area contributed by atoms with E-state index in [0.29, 0.717) is 12.1 Å². The first-order valence-electron chi connectivity index (χ1n) is 11.8. The number of hydrogen-bond donors (Lipinski definition) is 2. The summed E-state index contributed by atoms with van der Waals surface area (Å²) in [6.07, 6.45) is 10.2. The van der Waals surface area contributed by atoms with E-state index in [4.69, 9.17) is 9.41 Å². The molecule has 0 aromatic carbocycles. The van der Waals surface area contributed by atoms with Crippen molar-refractivity contribution < 1.29 is 4.42 Å². The van der Waals surface area contributed by atoms with Crippen LogP contribution in [0.5, 0.6) is 0 Å². The fourth-order valence-corrected chi connectivity index (χ4v) is 4.50. The number of rotatable bonds is 10. The minimum Gasteiger partial charge on any atom is -0.469 e. The number of furan rings is 1. The molecule has 7 heteroatoms. The van der Waals surface area contributed by atoms with Crippen molar-refractivity contribution in [1.29, 1.82) is 0 Å². The van der Waals surface area contributed by atoms with Crippen LogP contribution < -0.4 is 10.6 Å². The molecule has 0 bridgehead atoms. The molecule has 0 saturated carbocycles. The second-order valence-corrected chi connectivity index (χ2v) is 8.48. The van der Waals surface area contributed by atoms with Crippen molar-refractivity contribution in [2.24, 2.45) is 4.99 Å². The first kappa shape index (κ1) is 25.5. The van der Waals surface area contributed by atoms with Crippen molar-refractivity contribution in [2.45, 2.75) is 70.9 Å². The number of likely N-dealkylation sites (tertiary alicyclic amines) is 2. The highest BCUT2D eigenvalue weighted by Gasteiger charge is 2.23. The van der Waals surface area contributed by atoms with Gasteiger partial charge in [0.25, 0.3) is 0 Å². The zero-order chi connectivity index (χ0) is 20.3. The number of halogens is 1. The Morgan fingerprint density at radius 2 is 2.03 bits per heavy atom. The number of guanidine groups is 1. The maximum atomic E-state index is 5.47. The summed E-state index contributed by atoms with van der Waals surface area (Å²) in [5.41, 5.74) is 0. The third-order valence-electron chi connectivity index (χ3n) is 6.37. The first-order valence-corrected chi connectivity index (χ1v) is 11.8. The average Bonchev–Trinajstić information content (AvgIpc) is 3.43. The number of unbranched alkanes of at least 4 members (excludes halogenated alkanes) is 1. The minimum atomic E-state index is 0. The predicted molar refractivity (Wildman–Crippen MR) is 136 cm³/mol. The Bertz CT molecular complexity index is 586. The highest BCUT2D eigenvalue weighted by molar-refractivity contribution is 14.0. The molecule has 30 heavy (non-hydrogen) atoms.